The van der Waals surface area contributed by atoms with Crippen molar-refractivity contribution in [1.82, 2.24) is 15.5 Å². The maximum absolute atomic E-state index is 12.0. The van der Waals surface area contributed by atoms with Crippen molar-refractivity contribution < 1.29 is 9.59 Å². The number of amides is 2. The molecule has 0 atom stereocenters. The first-order chi connectivity index (χ1) is 12.7. The van der Waals surface area contributed by atoms with E-state index in [4.69, 9.17) is 0 Å². The second-order valence-corrected chi connectivity index (χ2v) is 8.50. The Bertz CT molecular complexity index is 732. The lowest BCUT2D eigenvalue weighted by Gasteiger charge is -2.25. The fourth-order valence-electron chi connectivity index (χ4n) is 2.49. The van der Waals surface area contributed by atoms with E-state index in [0.717, 1.165) is 16.6 Å². The van der Waals surface area contributed by atoms with Gasteiger partial charge in [0.25, 0.3) is 0 Å². The summed E-state index contributed by atoms with van der Waals surface area (Å²) in [5, 5.41) is 14.2. The lowest BCUT2D eigenvalue weighted by molar-refractivity contribution is -0.124. The van der Waals surface area contributed by atoms with E-state index in [2.05, 4.69) is 33.0 Å². The van der Waals surface area contributed by atoms with Gasteiger partial charge in [0.15, 0.2) is 4.34 Å². The van der Waals surface area contributed by atoms with Crippen LogP contribution in [-0.4, -0.2) is 28.6 Å². The molecule has 0 spiro atoms. The highest BCUT2D eigenvalue weighted by atomic mass is 32.2. The van der Waals surface area contributed by atoms with Crippen LogP contribution in [0.4, 0.5) is 5.13 Å². The Morgan fingerprint density at radius 2 is 1.88 bits per heavy atom. The number of anilines is 1. The zero-order valence-electron chi connectivity index (χ0n) is 14.4. The minimum Gasteiger partial charge on any atom is -0.356 e. The minimum atomic E-state index is -0.209. The van der Waals surface area contributed by atoms with Gasteiger partial charge in [-0.2, -0.15) is 0 Å². The quantitative estimate of drug-likeness (QED) is 0.506. The fraction of sp³-hybridized carbons (Fsp3) is 0.444. The average Bonchev–Trinajstić information content (AvgIpc) is 3.05. The molecule has 1 saturated carbocycles. The van der Waals surface area contributed by atoms with Crippen LogP contribution in [0.15, 0.2) is 34.7 Å². The van der Waals surface area contributed by atoms with Gasteiger partial charge >= 0.3 is 0 Å². The number of carbonyl (C=O) groups excluding carboxylic acids is 2. The maximum atomic E-state index is 12.0. The van der Waals surface area contributed by atoms with Gasteiger partial charge in [-0.1, -0.05) is 59.9 Å². The first-order valence-corrected chi connectivity index (χ1v) is 10.6. The molecule has 0 saturated heterocycles. The summed E-state index contributed by atoms with van der Waals surface area (Å²) < 4.78 is 0.808. The minimum absolute atomic E-state index is 0.0663. The van der Waals surface area contributed by atoms with Crippen LogP contribution in [0, 0.1) is 5.92 Å². The summed E-state index contributed by atoms with van der Waals surface area (Å²) in [6, 6.07) is 10.1. The molecule has 2 aromatic rings. The van der Waals surface area contributed by atoms with Crippen LogP contribution in [0.2, 0.25) is 0 Å². The molecule has 1 heterocycles. The zero-order chi connectivity index (χ0) is 18.2. The lowest BCUT2D eigenvalue weighted by atomic mass is 9.85. The van der Waals surface area contributed by atoms with Crippen LogP contribution in [0.25, 0.3) is 0 Å². The Morgan fingerprint density at radius 3 is 2.62 bits per heavy atom. The molecule has 1 aliphatic carbocycles. The summed E-state index contributed by atoms with van der Waals surface area (Å²) >= 11 is 2.93. The summed E-state index contributed by atoms with van der Waals surface area (Å²) in [6.45, 7) is 0.735. The second kappa shape index (κ2) is 9.68. The van der Waals surface area contributed by atoms with E-state index in [1.54, 1.807) is 11.8 Å². The van der Waals surface area contributed by atoms with Gasteiger partial charge < -0.3 is 10.6 Å². The van der Waals surface area contributed by atoms with Gasteiger partial charge in [0, 0.05) is 25.1 Å². The van der Waals surface area contributed by atoms with E-state index in [1.807, 2.05) is 18.2 Å². The van der Waals surface area contributed by atoms with Crippen molar-refractivity contribution in [2.75, 3.05) is 11.9 Å². The highest BCUT2D eigenvalue weighted by molar-refractivity contribution is 8.00. The smallest absolute Gasteiger partial charge is 0.226 e. The predicted octanol–water partition coefficient (Wildman–Crippen LogP) is 3.47. The number of benzene rings is 1. The summed E-state index contributed by atoms with van der Waals surface area (Å²) in [6.07, 6.45) is 4.01. The highest BCUT2D eigenvalue weighted by Crippen LogP contribution is 2.28. The molecule has 0 bridgehead atoms. The molecular formula is C18H22N4O2S2. The number of nitrogens with one attached hydrogen (secondary N) is 2. The fourth-order valence-corrected chi connectivity index (χ4v) is 4.21. The van der Waals surface area contributed by atoms with Crippen LogP contribution in [-0.2, 0) is 15.3 Å². The van der Waals surface area contributed by atoms with E-state index < -0.39 is 0 Å². The van der Waals surface area contributed by atoms with Crippen LogP contribution < -0.4 is 10.6 Å². The third-order valence-corrected chi connectivity index (χ3v) is 6.29. The number of thioether (sulfide) groups is 1. The molecule has 0 radical (unpaired) electrons. The Balaban J connectivity index is 1.35. The molecule has 2 amide bonds. The number of hydrogen-bond acceptors (Lipinski definition) is 6. The number of hydrogen-bond donors (Lipinski definition) is 2. The van der Waals surface area contributed by atoms with Gasteiger partial charge in [-0.25, -0.2) is 0 Å². The Morgan fingerprint density at radius 1 is 1.12 bits per heavy atom. The Kier molecular flexibility index (Phi) is 7.02. The summed E-state index contributed by atoms with van der Waals surface area (Å²) in [4.78, 5) is 23.7. The number of aromatic nitrogens is 2. The Labute approximate surface area is 161 Å². The molecule has 6 nitrogen and oxygen atoms in total. The number of nitrogens with zero attached hydrogens (tertiary/aromatic N) is 2. The first kappa shape index (κ1) is 18.8. The lowest BCUT2D eigenvalue weighted by Crippen LogP contribution is -2.32. The van der Waals surface area contributed by atoms with Crippen LogP contribution in [0.1, 0.15) is 37.7 Å². The molecule has 0 aliphatic heterocycles. The van der Waals surface area contributed by atoms with Crippen LogP contribution in [0.5, 0.6) is 0 Å². The molecule has 3 rings (SSSR count). The van der Waals surface area contributed by atoms with Crippen molar-refractivity contribution in [2.45, 2.75) is 42.2 Å². The summed E-state index contributed by atoms with van der Waals surface area (Å²) in [5.41, 5.74) is 1.21. The van der Waals surface area contributed by atoms with Crippen molar-refractivity contribution in [3.05, 3.63) is 35.9 Å². The largest absolute Gasteiger partial charge is 0.356 e. The normalized spacial score (nSPS) is 13.8. The van der Waals surface area contributed by atoms with E-state index in [0.29, 0.717) is 11.0 Å². The standard InChI is InChI=1S/C18H22N4O2S2/c23-15(19-11-13-7-4-8-13)9-10-16(24)20-17-21-22-18(26-17)25-12-14-5-2-1-3-6-14/h1-3,5-6,13H,4,7-12H2,(H,19,23)(H,20,21,24). The van der Waals surface area contributed by atoms with Crippen molar-refractivity contribution in [1.29, 1.82) is 0 Å². The van der Waals surface area contributed by atoms with E-state index in [1.165, 1.54) is 36.2 Å². The van der Waals surface area contributed by atoms with Crippen molar-refractivity contribution in [2.24, 2.45) is 5.92 Å². The van der Waals surface area contributed by atoms with Crippen LogP contribution >= 0.6 is 23.1 Å². The van der Waals surface area contributed by atoms with Gasteiger partial charge in [0.05, 0.1) is 0 Å². The molecule has 8 heteroatoms. The van der Waals surface area contributed by atoms with Gasteiger partial charge in [-0.3, -0.25) is 9.59 Å². The first-order valence-electron chi connectivity index (χ1n) is 8.76. The van der Waals surface area contributed by atoms with Gasteiger partial charge in [-0.05, 0) is 24.3 Å². The van der Waals surface area contributed by atoms with Gasteiger partial charge in [0.1, 0.15) is 0 Å². The van der Waals surface area contributed by atoms with Gasteiger partial charge in [-0.15, -0.1) is 10.2 Å². The second-order valence-electron chi connectivity index (χ2n) is 6.30. The van der Waals surface area contributed by atoms with Crippen molar-refractivity contribution in [3.8, 4) is 0 Å². The van der Waals surface area contributed by atoms with Gasteiger partial charge in [0.2, 0.25) is 16.9 Å². The summed E-state index contributed by atoms with van der Waals surface area (Å²) in [5.74, 6) is 1.16. The van der Waals surface area contributed by atoms with E-state index in [9.17, 15) is 9.59 Å². The maximum Gasteiger partial charge on any atom is 0.226 e. The molecule has 1 aromatic carbocycles. The van der Waals surface area contributed by atoms with Crippen molar-refractivity contribution in [3.63, 3.8) is 0 Å². The molecule has 0 unspecified atom stereocenters. The molecule has 138 valence electrons. The number of carbonyl (C=O) groups is 2. The third kappa shape index (κ3) is 6.10. The SMILES string of the molecule is O=C(CCC(=O)Nc1nnc(SCc2ccccc2)s1)NCC1CCC1. The molecule has 1 fully saturated rings. The molecular weight excluding hydrogens is 368 g/mol. The molecule has 1 aromatic heterocycles. The molecule has 26 heavy (non-hydrogen) atoms. The topological polar surface area (TPSA) is 84.0 Å². The summed E-state index contributed by atoms with van der Waals surface area (Å²) in [7, 11) is 0. The van der Waals surface area contributed by atoms with E-state index >= 15 is 0 Å². The van der Waals surface area contributed by atoms with Crippen LogP contribution in [0.3, 0.4) is 0 Å². The monoisotopic (exact) mass is 390 g/mol. The van der Waals surface area contributed by atoms with E-state index in [-0.39, 0.29) is 24.7 Å². The highest BCUT2D eigenvalue weighted by Gasteiger charge is 2.18. The Hall–Kier alpha value is -1.93. The third-order valence-electron chi connectivity index (χ3n) is 4.25. The predicted molar refractivity (Wildman–Crippen MR) is 104 cm³/mol. The van der Waals surface area contributed by atoms with Crippen molar-refractivity contribution >= 4 is 40.0 Å². The number of rotatable bonds is 9. The molecule has 2 N–H and O–H groups in total. The molecule has 1 aliphatic rings. The average molecular weight is 391 g/mol. The zero-order valence-corrected chi connectivity index (χ0v) is 16.1.